The summed E-state index contributed by atoms with van der Waals surface area (Å²) in [7, 11) is 0. The first-order valence-electron chi connectivity index (χ1n) is 1.71. The van der Waals surface area contributed by atoms with Crippen LogP contribution >= 0.6 is 0 Å². The summed E-state index contributed by atoms with van der Waals surface area (Å²) in [6.45, 7) is 1.75. The van der Waals surface area contributed by atoms with Crippen LogP contribution in [0.25, 0.3) is 0 Å². The molecule has 36 valence electrons. The summed E-state index contributed by atoms with van der Waals surface area (Å²) >= 11 is 0. The Hall–Kier alpha value is 0.282. The number of rotatable bonds is 1. The van der Waals surface area contributed by atoms with Crippen LogP contribution in [0.3, 0.4) is 0 Å². The average Bonchev–Trinajstić information content (AvgIpc) is 1.61. The summed E-state index contributed by atoms with van der Waals surface area (Å²) in [5, 5.41) is 6.35. The zero-order valence-corrected chi connectivity index (χ0v) is 8.37. The zero-order chi connectivity index (χ0) is 4.83. The van der Waals surface area contributed by atoms with E-state index >= 15 is 0 Å². The summed E-state index contributed by atoms with van der Waals surface area (Å²) in [6, 6.07) is 0. The van der Waals surface area contributed by atoms with Crippen molar-refractivity contribution in [2.75, 3.05) is 0 Å². The maximum absolute atomic E-state index is 6.35. The number of hydrogen-bond acceptors (Lipinski definition) is 1. The minimum atomic E-state index is 0. The van der Waals surface area contributed by atoms with Crippen molar-refractivity contribution in [2.24, 2.45) is 0 Å². The van der Waals surface area contributed by atoms with E-state index in [0.29, 0.717) is 6.42 Å². The first-order valence-corrected chi connectivity index (χ1v) is 1.71. The smallest absolute Gasteiger partial charge is 0 e. The minimum absolute atomic E-state index is 0. The fourth-order valence-electron chi connectivity index (χ4n) is 0.133. The van der Waals surface area contributed by atoms with Gasteiger partial charge < -0.3 is 11.6 Å². The second-order valence-electron chi connectivity index (χ2n) is 0.780. The van der Waals surface area contributed by atoms with Crippen LogP contribution < -0.4 is 0 Å². The van der Waals surface area contributed by atoms with E-state index in [1.807, 2.05) is 0 Å². The molecular formula is C5H6NU-. The Morgan fingerprint density at radius 1 is 1.71 bits per heavy atom. The molecule has 0 aliphatic carbocycles. The van der Waals surface area contributed by atoms with Crippen LogP contribution in [0, 0.1) is 48.4 Å². The Morgan fingerprint density at radius 3 is 2.43 bits per heavy atom. The Kier molecular flexibility index (Phi) is 14.1. The molecule has 1 nitrogen and oxygen atoms in total. The summed E-state index contributed by atoms with van der Waals surface area (Å²) < 4.78 is 0. The number of hydrogen-bond donors (Lipinski definition) is 1. The first kappa shape index (κ1) is 10.3. The maximum Gasteiger partial charge on any atom is 0 e. The van der Waals surface area contributed by atoms with Crippen LogP contribution in [-0.2, 0) is 0 Å². The van der Waals surface area contributed by atoms with Gasteiger partial charge in [0.1, 0.15) is 0 Å². The molecule has 0 unspecified atom stereocenters. The fourth-order valence-corrected chi connectivity index (χ4v) is 0.133. The van der Waals surface area contributed by atoms with Gasteiger partial charge in [0.15, 0.2) is 0 Å². The molecule has 2 heteroatoms. The standard InChI is InChI=1S/C5H6N.U/c1-2-3-4-5-6;/h6H,4H2,1H3;/q-1;. The minimum Gasteiger partial charge on any atom is -0.518 e. The van der Waals surface area contributed by atoms with Crippen molar-refractivity contribution >= 4 is 6.21 Å². The second-order valence-corrected chi connectivity index (χ2v) is 0.780. The topological polar surface area (TPSA) is 23.9 Å². The van der Waals surface area contributed by atoms with Gasteiger partial charge in [-0.25, -0.2) is 0 Å². The van der Waals surface area contributed by atoms with Gasteiger partial charge in [-0.2, -0.15) is 0 Å². The molecule has 0 saturated carbocycles. The largest absolute Gasteiger partial charge is 0.518 e. The van der Waals surface area contributed by atoms with Gasteiger partial charge in [-0.05, 0) is 6.92 Å². The van der Waals surface area contributed by atoms with Crippen molar-refractivity contribution < 1.29 is 31.1 Å². The van der Waals surface area contributed by atoms with Crippen LogP contribution in [0.4, 0.5) is 0 Å². The van der Waals surface area contributed by atoms with Crippen molar-refractivity contribution in [3.8, 4) is 11.8 Å². The normalized spacial score (nSPS) is 4.71. The third kappa shape index (κ3) is 10.7. The molecule has 0 aliphatic heterocycles. The Bertz CT molecular complexity index is 88.0. The van der Waals surface area contributed by atoms with Gasteiger partial charge in [0, 0.05) is 31.1 Å². The summed E-state index contributed by atoms with van der Waals surface area (Å²) in [5.74, 6) is 5.29. The van der Waals surface area contributed by atoms with E-state index in [4.69, 9.17) is 5.41 Å². The van der Waals surface area contributed by atoms with E-state index in [1.165, 1.54) is 0 Å². The summed E-state index contributed by atoms with van der Waals surface area (Å²) in [6.07, 6.45) is 2.61. The van der Waals surface area contributed by atoms with E-state index in [1.54, 1.807) is 6.92 Å². The molecular weight excluding hydrogens is 312 g/mol. The Labute approximate surface area is 67.8 Å². The molecule has 0 saturated heterocycles. The van der Waals surface area contributed by atoms with Crippen LogP contribution in [0.15, 0.2) is 0 Å². The molecule has 0 aromatic rings. The van der Waals surface area contributed by atoms with E-state index in [-0.39, 0.29) is 31.1 Å². The predicted molar refractivity (Wildman–Crippen MR) is 25.8 cm³/mol. The van der Waals surface area contributed by atoms with E-state index in [0.717, 1.165) is 0 Å². The molecule has 7 heavy (non-hydrogen) atoms. The van der Waals surface area contributed by atoms with Crippen LogP contribution in [-0.4, -0.2) is 6.21 Å². The van der Waals surface area contributed by atoms with Gasteiger partial charge >= 0.3 is 0 Å². The molecule has 1 N–H and O–H groups in total. The maximum atomic E-state index is 6.35. The monoisotopic (exact) mass is 318 g/mol. The van der Waals surface area contributed by atoms with E-state index in [2.05, 4.69) is 18.1 Å². The molecule has 0 bridgehead atoms. The molecule has 0 rings (SSSR count). The van der Waals surface area contributed by atoms with Gasteiger partial charge in [-0.1, -0.05) is 0 Å². The van der Waals surface area contributed by atoms with Crippen molar-refractivity contribution in [2.45, 2.75) is 13.3 Å². The van der Waals surface area contributed by atoms with E-state index < -0.39 is 0 Å². The third-order valence-electron chi connectivity index (χ3n) is 0.354. The van der Waals surface area contributed by atoms with E-state index in [9.17, 15) is 0 Å². The fraction of sp³-hybridized carbons (Fsp3) is 0.400. The van der Waals surface area contributed by atoms with Gasteiger partial charge in [0.05, 0.1) is 0 Å². The average molecular weight is 318 g/mol. The quantitative estimate of drug-likeness (QED) is 0.422. The van der Waals surface area contributed by atoms with Crippen molar-refractivity contribution in [1.29, 1.82) is 5.41 Å². The molecule has 0 aromatic heterocycles. The SMILES string of the molecule is CC#CC[C-]=N.[U]. The summed E-state index contributed by atoms with van der Waals surface area (Å²) in [4.78, 5) is 0. The molecule has 0 aliphatic rings. The Morgan fingerprint density at radius 2 is 2.29 bits per heavy atom. The third-order valence-corrected chi connectivity index (χ3v) is 0.354. The van der Waals surface area contributed by atoms with Crippen molar-refractivity contribution in [3.63, 3.8) is 0 Å². The molecule has 0 heterocycles. The molecule has 0 atom stereocenters. The van der Waals surface area contributed by atoms with Crippen LogP contribution in [0.5, 0.6) is 0 Å². The van der Waals surface area contributed by atoms with Gasteiger partial charge in [0.25, 0.3) is 0 Å². The van der Waals surface area contributed by atoms with Crippen LogP contribution in [0.1, 0.15) is 13.3 Å². The number of nitrogens with one attached hydrogen (secondary N) is 1. The van der Waals surface area contributed by atoms with Gasteiger partial charge in [0.2, 0.25) is 0 Å². The van der Waals surface area contributed by atoms with Crippen molar-refractivity contribution in [1.82, 2.24) is 0 Å². The van der Waals surface area contributed by atoms with Gasteiger partial charge in [-0.15, -0.1) is 18.3 Å². The molecule has 0 fully saturated rings. The molecule has 0 radical (unpaired) electrons. The van der Waals surface area contributed by atoms with Crippen molar-refractivity contribution in [3.05, 3.63) is 0 Å². The van der Waals surface area contributed by atoms with Gasteiger partial charge in [-0.3, -0.25) is 0 Å². The molecule has 0 spiro atoms. The first-order chi connectivity index (χ1) is 2.91. The summed E-state index contributed by atoms with van der Waals surface area (Å²) in [5.41, 5.74) is 0. The predicted octanol–water partition coefficient (Wildman–Crippen LogP) is 0.926. The molecule has 0 aromatic carbocycles. The zero-order valence-electron chi connectivity index (χ0n) is 4.21. The Balaban J connectivity index is 0. The second kappa shape index (κ2) is 9.56. The molecule has 0 amide bonds. The van der Waals surface area contributed by atoms with Crippen LogP contribution in [0.2, 0.25) is 0 Å².